The smallest absolute Gasteiger partial charge is 0.328 e. The van der Waals surface area contributed by atoms with Gasteiger partial charge in [-0.25, -0.2) is 4.79 Å². The van der Waals surface area contributed by atoms with Crippen LogP contribution in [0.2, 0.25) is 0 Å². The van der Waals surface area contributed by atoms with Crippen LogP contribution in [0.5, 0.6) is 0 Å². The van der Waals surface area contributed by atoms with E-state index >= 15 is 0 Å². The molecule has 6 nitrogen and oxygen atoms in total. The molecule has 0 aromatic heterocycles. The van der Waals surface area contributed by atoms with Gasteiger partial charge in [-0.1, -0.05) is 30.3 Å². The number of esters is 2. The molecule has 0 aliphatic carbocycles. The SMILES string of the molecule is COC(=O)CC(=O)NC(CCc1ccccc1)C(=O)OC. The zero-order valence-corrected chi connectivity index (χ0v) is 12.1. The lowest BCUT2D eigenvalue weighted by Gasteiger charge is -2.16. The molecular weight excluding hydrogens is 274 g/mol. The first kappa shape index (κ1) is 16.7. The predicted molar refractivity (Wildman–Crippen MR) is 75.3 cm³/mol. The van der Waals surface area contributed by atoms with E-state index in [4.69, 9.17) is 0 Å². The molecule has 0 fully saturated rings. The van der Waals surface area contributed by atoms with Crippen molar-refractivity contribution in [2.45, 2.75) is 25.3 Å². The minimum atomic E-state index is -0.785. The highest BCUT2D eigenvalue weighted by Gasteiger charge is 2.22. The highest BCUT2D eigenvalue weighted by Crippen LogP contribution is 2.06. The molecule has 0 radical (unpaired) electrons. The van der Waals surface area contributed by atoms with E-state index in [1.807, 2.05) is 30.3 Å². The van der Waals surface area contributed by atoms with Gasteiger partial charge in [0.25, 0.3) is 0 Å². The van der Waals surface area contributed by atoms with Crippen molar-refractivity contribution < 1.29 is 23.9 Å². The fraction of sp³-hybridized carbons (Fsp3) is 0.400. The van der Waals surface area contributed by atoms with Crippen LogP contribution in [0.15, 0.2) is 30.3 Å². The molecule has 0 spiro atoms. The Morgan fingerprint density at radius 2 is 1.76 bits per heavy atom. The van der Waals surface area contributed by atoms with Gasteiger partial charge in [0.05, 0.1) is 14.2 Å². The van der Waals surface area contributed by atoms with Crippen molar-refractivity contribution in [3.63, 3.8) is 0 Å². The van der Waals surface area contributed by atoms with E-state index in [0.29, 0.717) is 12.8 Å². The van der Waals surface area contributed by atoms with Gasteiger partial charge in [0, 0.05) is 0 Å². The second-order valence-electron chi connectivity index (χ2n) is 4.42. The molecular formula is C15H19NO5. The summed E-state index contributed by atoms with van der Waals surface area (Å²) < 4.78 is 9.07. The number of carbonyl (C=O) groups excluding carboxylic acids is 3. The molecule has 1 aromatic carbocycles. The molecule has 6 heteroatoms. The third-order valence-corrected chi connectivity index (χ3v) is 2.92. The average molecular weight is 293 g/mol. The Balaban J connectivity index is 2.57. The largest absolute Gasteiger partial charge is 0.469 e. The highest BCUT2D eigenvalue weighted by atomic mass is 16.5. The zero-order chi connectivity index (χ0) is 15.7. The van der Waals surface area contributed by atoms with Crippen LogP contribution in [0.1, 0.15) is 18.4 Å². The maximum atomic E-state index is 11.7. The number of ether oxygens (including phenoxy) is 2. The highest BCUT2D eigenvalue weighted by molar-refractivity contribution is 5.96. The predicted octanol–water partition coefficient (Wildman–Crippen LogP) is 0.840. The molecule has 1 atom stereocenters. The molecule has 0 saturated heterocycles. The molecule has 1 N–H and O–H groups in total. The Kier molecular flexibility index (Phi) is 6.94. The summed E-state index contributed by atoms with van der Waals surface area (Å²) in [6.45, 7) is 0. The van der Waals surface area contributed by atoms with Crippen molar-refractivity contribution in [1.82, 2.24) is 5.32 Å². The molecule has 1 amide bonds. The van der Waals surface area contributed by atoms with Crippen LogP contribution in [0.25, 0.3) is 0 Å². The molecule has 1 aromatic rings. The Labute approximate surface area is 123 Å². The van der Waals surface area contributed by atoms with E-state index in [-0.39, 0.29) is 0 Å². The van der Waals surface area contributed by atoms with Gasteiger partial charge in [-0.2, -0.15) is 0 Å². The summed E-state index contributed by atoms with van der Waals surface area (Å²) in [7, 11) is 2.45. The van der Waals surface area contributed by atoms with Crippen LogP contribution in [-0.4, -0.2) is 38.1 Å². The van der Waals surface area contributed by atoms with Crippen molar-refractivity contribution in [1.29, 1.82) is 0 Å². The number of methoxy groups -OCH3 is 2. The summed E-state index contributed by atoms with van der Waals surface area (Å²) >= 11 is 0. The standard InChI is InChI=1S/C15H19NO5/c1-20-14(18)10-13(17)16-12(15(19)21-2)9-8-11-6-4-3-5-7-11/h3-7,12H,8-10H2,1-2H3,(H,16,17). The summed E-state index contributed by atoms with van der Waals surface area (Å²) in [6, 6.07) is 8.79. The topological polar surface area (TPSA) is 81.7 Å². The Hall–Kier alpha value is -2.37. The van der Waals surface area contributed by atoms with E-state index in [1.165, 1.54) is 14.2 Å². The van der Waals surface area contributed by atoms with Crippen LogP contribution in [-0.2, 0) is 30.3 Å². The van der Waals surface area contributed by atoms with E-state index in [2.05, 4.69) is 14.8 Å². The zero-order valence-electron chi connectivity index (χ0n) is 12.1. The third-order valence-electron chi connectivity index (χ3n) is 2.92. The molecule has 0 heterocycles. The maximum absolute atomic E-state index is 11.7. The second-order valence-corrected chi connectivity index (χ2v) is 4.42. The van der Waals surface area contributed by atoms with Crippen LogP contribution in [0.3, 0.4) is 0 Å². The molecule has 114 valence electrons. The van der Waals surface area contributed by atoms with Gasteiger partial charge in [-0.15, -0.1) is 0 Å². The Morgan fingerprint density at radius 1 is 1.10 bits per heavy atom. The number of rotatable bonds is 7. The molecule has 1 unspecified atom stereocenters. The first-order valence-electron chi connectivity index (χ1n) is 6.54. The molecule has 0 aliphatic heterocycles. The van der Waals surface area contributed by atoms with Gasteiger partial charge >= 0.3 is 11.9 Å². The first-order valence-corrected chi connectivity index (χ1v) is 6.54. The number of carbonyl (C=O) groups is 3. The number of benzene rings is 1. The fourth-order valence-electron chi connectivity index (χ4n) is 1.80. The summed E-state index contributed by atoms with van der Waals surface area (Å²) in [5, 5.41) is 2.49. The van der Waals surface area contributed by atoms with Gasteiger partial charge in [-0.05, 0) is 18.4 Å². The normalized spacial score (nSPS) is 11.3. The summed E-state index contributed by atoms with van der Waals surface area (Å²) in [5.41, 5.74) is 1.05. The van der Waals surface area contributed by atoms with Crippen molar-refractivity contribution in [3.05, 3.63) is 35.9 Å². The lowest BCUT2D eigenvalue weighted by Crippen LogP contribution is -2.42. The lowest BCUT2D eigenvalue weighted by atomic mass is 10.1. The minimum Gasteiger partial charge on any atom is -0.469 e. The van der Waals surface area contributed by atoms with Crippen molar-refractivity contribution in [3.8, 4) is 0 Å². The van der Waals surface area contributed by atoms with Gasteiger partial charge in [0.1, 0.15) is 12.5 Å². The second kappa shape index (κ2) is 8.73. The quantitative estimate of drug-likeness (QED) is 0.595. The van der Waals surface area contributed by atoms with Crippen molar-refractivity contribution in [2.75, 3.05) is 14.2 Å². The Morgan fingerprint density at radius 3 is 2.33 bits per heavy atom. The average Bonchev–Trinajstić information content (AvgIpc) is 2.51. The lowest BCUT2D eigenvalue weighted by molar-refractivity contribution is -0.148. The molecule has 21 heavy (non-hydrogen) atoms. The van der Waals surface area contributed by atoms with Crippen molar-refractivity contribution >= 4 is 17.8 Å². The van der Waals surface area contributed by atoms with E-state index in [0.717, 1.165) is 5.56 Å². The molecule has 0 aliphatic rings. The van der Waals surface area contributed by atoms with Crippen LogP contribution >= 0.6 is 0 Å². The number of amides is 1. The van der Waals surface area contributed by atoms with Gasteiger partial charge < -0.3 is 14.8 Å². The number of hydrogen-bond acceptors (Lipinski definition) is 5. The molecule has 0 bridgehead atoms. The van der Waals surface area contributed by atoms with Gasteiger partial charge in [-0.3, -0.25) is 9.59 Å². The van der Waals surface area contributed by atoms with Gasteiger partial charge in [0.2, 0.25) is 5.91 Å². The minimum absolute atomic E-state index is 0.392. The monoisotopic (exact) mass is 293 g/mol. The fourth-order valence-corrected chi connectivity index (χ4v) is 1.80. The van der Waals surface area contributed by atoms with Crippen LogP contribution in [0, 0.1) is 0 Å². The number of aryl methyl sites for hydroxylation is 1. The summed E-state index contributed by atoms with van der Waals surface area (Å²) in [5.74, 6) is -1.76. The van der Waals surface area contributed by atoms with Gasteiger partial charge in [0.15, 0.2) is 0 Å². The van der Waals surface area contributed by atoms with Crippen LogP contribution in [0.4, 0.5) is 0 Å². The number of nitrogens with one attached hydrogen (secondary N) is 1. The summed E-state index contributed by atoms with van der Waals surface area (Å²) in [4.78, 5) is 34.3. The number of hydrogen-bond donors (Lipinski definition) is 1. The van der Waals surface area contributed by atoms with E-state index in [1.54, 1.807) is 0 Å². The van der Waals surface area contributed by atoms with E-state index < -0.39 is 30.3 Å². The maximum Gasteiger partial charge on any atom is 0.328 e. The Bertz CT molecular complexity index is 486. The molecule has 1 rings (SSSR count). The summed E-state index contributed by atoms with van der Waals surface area (Å²) in [6.07, 6.45) is 0.581. The third kappa shape index (κ3) is 6.07. The van der Waals surface area contributed by atoms with E-state index in [9.17, 15) is 14.4 Å². The van der Waals surface area contributed by atoms with Crippen molar-refractivity contribution in [2.24, 2.45) is 0 Å². The first-order chi connectivity index (χ1) is 10.1. The molecule has 0 saturated carbocycles. The van der Waals surface area contributed by atoms with Crippen LogP contribution < -0.4 is 5.32 Å².